The van der Waals surface area contributed by atoms with Crippen molar-refractivity contribution in [1.29, 1.82) is 0 Å². The van der Waals surface area contributed by atoms with E-state index in [9.17, 15) is 24.3 Å². The lowest BCUT2D eigenvalue weighted by Gasteiger charge is -2.15. The Morgan fingerprint density at radius 3 is 2.32 bits per heavy atom. The molecule has 8 N–H and O–H groups in total. The Hall–Kier alpha value is -5.32. The molecule has 1 amide bonds. The highest BCUT2D eigenvalue weighted by atomic mass is 16.4. The van der Waals surface area contributed by atoms with Gasteiger partial charge in [-0.1, -0.05) is 30.3 Å². The number of carbonyl (C=O) groups is 2. The van der Waals surface area contributed by atoms with Crippen LogP contribution in [-0.2, 0) is 11.2 Å². The second kappa shape index (κ2) is 9.04. The summed E-state index contributed by atoms with van der Waals surface area (Å²) in [5, 5.41) is 13.1. The maximum atomic E-state index is 13.0. The van der Waals surface area contributed by atoms with E-state index in [-0.39, 0.29) is 23.2 Å². The van der Waals surface area contributed by atoms with E-state index in [0.717, 1.165) is 4.57 Å². The van der Waals surface area contributed by atoms with Gasteiger partial charge in [-0.2, -0.15) is 0 Å². The number of nitrogen functional groups attached to an aromatic ring is 2. The zero-order chi connectivity index (χ0) is 26.3. The first-order chi connectivity index (χ1) is 17.7. The van der Waals surface area contributed by atoms with E-state index < -0.39 is 29.2 Å². The van der Waals surface area contributed by atoms with Crippen molar-refractivity contribution in [2.45, 2.75) is 12.5 Å². The second-order valence-corrected chi connectivity index (χ2v) is 8.57. The average Bonchev–Trinajstić information content (AvgIpc) is 3.22. The van der Waals surface area contributed by atoms with Crippen LogP contribution in [0.4, 0.5) is 11.4 Å². The molecule has 0 unspecified atom stereocenters. The fourth-order valence-electron chi connectivity index (χ4n) is 4.26. The molecule has 0 aliphatic carbocycles. The lowest BCUT2D eigenvalue weighted by Crippen LogP contribution is -2.42. The van der Waals surface area contributed by atoms with Crippen LogP contribution in [0, 0.1) is 0 Å². The van der Waals surface area contributed by atoms with E-state index in [1.807, 2.05) is 0 Å². The van der Waals surface area contributed by atoms with Crippen LogP contribution in [-0.4, -0.2) is 37.6 Å². The first-order valence-corrected chi connectivity index (χ1v) is 11.3. The molecule has 0 spiro atoms. The standard InChI is InChI=1S/C26H22N6O5/c27-14-7-10-19-17(12-14)24(34)32(26(37)31-19)15-8-5-13(6-9-15)11-20(25(35)36)30-23(33)22-21(28)16-3-1-2-4-18(16)29-22/h1-10,12,20,29H,11,27-28H2,(H,30,33)(H,31,37)(H,35,36)/t20-/m0/s1. The number of aromatic amines is 2. The van der Waals surface area contributed by atoms with Gasteiger partial charge in [0.2, 0.25) is 0 Å². The Bertz CT molecular complexity index is 1800. The number of aliphatic carboxylic acids is 1. The van der Waals surface area contributed by atoms with Crippen LogP contribution in [0.5, 0.6) is 0 Å². The first kappa shape index (κ1) is 23.4. The highest BCUT2D eigenvalue weighted by molar-refractivity contribution is 6.08. The van der Waals surface area contributed by atoms with Crippen molar-refractivity contribution in [2.75, 3.05) is 11.5 Å². The number of carboxylic acid groups (broad SMARTS) is 1. The summed E-state index contributed by atoms with van der Waals surface area (Å²) >= 11 is 0. The molecule has 2 heterocycles. The van der Waals surface area contributed by atoms with Crippen LogP contribution in [0.1, 0.15) is 16.1 Å². The number of benzene rings is 3. The minimum absolute atomic E-state index is 0.0407. The third-order valence-electron chi connectivity index (χ3n) is 6.13. The third kappa shape index (κ3) is 4.29. The fourth-order valence-corrected chi connectivity index (χ4v) is 4.26. The van der Waals surface area contributed by atoms with Gasteiger partial charge in [-0.3, -0.25) is 9.59 Å². The predicted molar refractivity (Wildman–Crippen MR) is 140 cm³/mol. The highest BCUT2D eigenvalue weighted by Crippen LogP contribution is 2.24. The van der Waals surface area contributed by atoms with E-state index in [2.05, 4.69) is 15.3 Å². The van der Waals surface area contributed by atoms with Gasteiger partial charge in [-0.25, -0.2) is 14.2 Å². The smallest absolute Gasteiger partial charge is 0.333 e. The van der Waals surface area contributed by atoms with Crippen LogP contribution in [0.2, 0.25) is 0 Å². The number of anilines is 2. The number of carboxylic acids is 1. The minimum atomic E-state index is -1.25. The molecule has 0 fully saturated rings. The molecule has 5 aromatic rings. The summed E-state index contributed by atoms with van der Waals surface area (Å²) in [6.07, 6.45) is -0.0407. The molecule has 1 atom stereocenters. The summed E-state index contributed by atoms with van der Waals surface area (Å²) in [6.45, 7) is 0. The lowest BCUT2D eigenvalue weighted by atomic mass is 10.1. The molecule has 0 bridgehead atoms. The van der Waals surface area contributed by atoms with Crippen molar-refractivity contribution in [3.05, 3.63) is 98.8 Å². The Balaban J connectivity index is 1.39. The topological polar surface area (TPSA) is 189 Å². The van der Waals surface area contributed by atoms with Gasteiger partial charge in [0.25, 0.3) is 11.5 Å². The van der Waals surface area contributed by atoms with Crippen LogP contribution in [0.15, 0.2) is 76.3 Å². The van der Waals surface area contributed by atoms with Gasteiger partial charge in [0.1, 0.15) is 11.7 Å². The number of nitrogens with two attached hydrogens (primary N) is 2. The number of nitrogens with one attached hydrogen (secondary N) is 3. The number of hydrogen-bond acceptors (Lipinski definition) is 6. The molecule has 0 saturated heterocycles. The lowest BCUT2D eigenvalue weighted by molar-refractivity contribution is -0.139. The summed E-state index contributed by atoms with van der Waals surface area (Å²) in [4.78, 5) is 55.8. The van der Waals surface area contributed by atoms with E-state index in [0.29, 0.717) is 33.4 Å². The summed E-state index contributed by atoms with van der Waals surface area (Å²) in [7, 11) is 0. The number of nitrogens with zero attached hydrogens (tertiary/aromatic N) is 1. The Labute approximate surface area is 208 Å². The number of rotatable bonds is 6. The Morgan fingerprint density at radius 2 is 1.62 bits per heavy atom. The number of amides is 1. The summed E-state index contributed by atoms with van der Waals surface area (Å²) in [5.74, 6) is -1.88. The van der Waals surface area contributed by atoms with Crippen LogP contribution in [0.3, 0.4) is 0 Å². The number of aromatic nitrogens is 3. The maximum absolute atomic E-state index is 13.0. The quantitative estimate of drug-likeness (QED) is 0.192. The van der Waals surface area contributed by atoms with Gasteiger partial charge >= 0.3 is 11.7 Å². The monoisotopic (exact) mass is 498 g/mol. The number of hydrogen-bond donors (Lipinski definition) is 6. The molecular weight excluding hydrogens is 476 g/mol. The van der Waals surface area contributed by atoms with Crippen molar-refractivity contribution in [3.63, 3.8) is 0 Å². The zero-order valence-electron chi connectivity index (χ0n) is 19.3. The highest BCUT2D eigenvalue weighted by Gasteiger charge is 2.24. The number of carbonyl (C=O) groups excluding carboxylic acids is 1. The SMILES string of the molecule is Nc1ccc2[nH]c(=O)n(-c3ccc(C[C@H](NC(=O)c4[nH]c5ccccc5c4N)C(=O)O)cc3)c(=O)c2c1. The molecular formula is C26H22N6O5. The fraction of sp³-hybridized carbons (Fsp3) is 0.0769. The molecule has 0 radical (unpaired) electrons. The summed E-state index contributed by atoms with van der Waals surface area (Å²) in [6, 6.07) is 16.7. The Morgan fingerprint density at radius 1 is 0.919 bits per heavy atom. The summed E-state index contributed by atoms with van der Waals surface area (Å²) in [5.41, 5.74) is 13.3. The molecule has 11 heteroatoms. The third-order valence-corrected chi connectivity index (χ3v) is 6.13. The van der Waals surface area contributed by atoms with Crippen molar-refractivity contribution in [3.8, 4) is 5.69 Å². The van der Waals surface area contributed by atoms with E-state index in [1.165, 1.54) is 18.2 Å². The maximum Gasteiger partial charge on any atom is 0.333 e. The normalized spacial score (nSPS) is 12.0. The van der Waals surface area contributed by atoms with Crippen LogP contribution >= 0.6 is 0 Å². The molecule has 37 heavy (non-hydrogen) atoms. The van der Waals surface area contributed by atoms with E-state index >= 15 is 0 Å². The van der Waals surface area contributed by atoms with Gasteiger partial charge in [-0.05, 0) is 42.0 Å². The average molecular weight is 498 g/mol. The predicted octanol–water partition coefficient (Wildman–Crippen LogP) is 1.75. The molecule has 3 aromatic carbocycles. The Kier molecular flexibility index (Phi) is 5.72. The van der Waals surface area contributed by atoms with Gasteiger partial charge in [0.15, 0.2) is 0 Å². The number of para-hydroxylation sites is 1. The van der Waals surface area contributed by atoms with Crippen LogP contribution in [0.25, 0.3) is 27.5 Å². The molecule has 5 rings (SSSR count). The van der Waals surface area contributed by atoms with Gasteiger partial charge in [0, 0.05) is 23.0 Å². The molecule has 2 aromatic heterocycles. The second-order valence-electron chi connectivity index (χ2n) is 8.57. The van der Waals surface area contributed by atoms with Gasteiger partial charge in [0.05, 0.1) is 22.3 Å². The first-order valence-electron chi connectivity index (χ1n) is 11.3. The van der Waals surface area contributed by atoms with Crippen molar-refractivity contribution < 1.29 is 14.7 Å². The van der Waals surface area contributed by atoms with Crippen molar-refractivity contribution in [2.24, 2.45) is 0 Å². The number of fused-ring (bicyclic) bond motifs is 2. The molecule has 0 saturated carbocycles. The number of H-pyrrole nitrogens is 2. The van der Waals surface area contributed by atoms with Crippen molar-refractivity contribution in [1.82, 2.24) is 19.9 Å². The van der Waals surface area contributed by atoms with Gasteiger partial charge < -0.3 is 31.9 Å². The van der Waals surface area contributed by atoms with E-state index in [1.54, 1.807) is 48.5 Å². The van der Waals surface area contributed by atoms with Gasteiger partial charge in [-0.15, -0.1) is 0 Å². The molecule has 11 nitrogen and oxygen atoms in total. The largest absolute Gasteiger partial charge is 0.480 e. The van der Waals surface area contributed by atoms with Crippen LogP contribution < -0.4 is 28.0 Å². The van der Waals surface area contributed by atoms with E-state index in [4.69, 9.17) is 11.5 Å². The molecule has 0 aliphatic heterocycles. The minimum Gasteiger partial charge on any atom is -0.480 e. The van der Waals surface area contributed by atoms with Crippen molar-refractivity contribution >= 4 is 45.1 Å². The molecule has 186 valence electrons. The zero-order valence-corrected chi connectivity index (χ0v) is 19.3. The molecule has 0 aliphatic rings. The summed E-state index contributed by atoms with van der Waals surface area (Å²) < 4.78 is 0.973.